The Morgan fingerprint density at radius 2 is 1.69 bits per heavy atom. The molecule has 168 valence electrons. The number of allylic oxidation sites excluding steroid dienone is 2. The number of imide groups is 1. The van der Waals surface area contributed by atoms with Crippen LogP contribution in [0, 0.1) is 29.6 Å². The highest BCUT2D eigenvalue weighted by Crippen LogP contribution is 2.52. The standard InChI is InChI=1S/C24H28N4O4/c25-22(30)17-2-1-9-27(12-17)18-7-3-14(4-8-18)11-26-19(29)13-28-23(31)20-15-5-6-16(10-15)21(20)24(28)32/h3-8,15-17,20-21H,1-2,9-13H2,(H2,25,30)(H,26,29)/t15-,16-,17+,20+,21+/m0/s1. The van der Waals surface area contributed by atoms with E-state index >= 15 is 0 Å². The predicted molar refractivity (Wildman–Crippen MR) is 117 cm³/mol. The number of nitrogens with two attached hydrogens (primary N) is 1. The smallest absolute Gasteiger partial charge is 0.240 e. The zero-order chi connectivity index (χ0) is 22.4. The van der Waals surface area contributed by atoms with Crippen LogP contribution in [0.5, 0.6) is 0 Å². The van der Waals surface area contributed by atoms with Gasteiger partial charge in [-0.05, 0) is 48.8 Å². The Bertz CT molecular complexity index is 958. The van der Waals surface area contributed by atoms with Crippen LogP contribution in [-0.4, -0.2) is 48.2 Å². The van der Waals surface area contributed by atoms with Crippen LogP contribution in [0.1, 0.15) is 24.8 Å². The van der Waals surface area contributed by atoms with Gasteiger partial charge in [-0.3, -0.25) is 24.1 Å². The van der Waals surface area contributed by atoms with E-state index < -0.39 is 0 Å². The van der Waals surface area contributed by atoms with Crippen molar-refractivity contribution in [3.05, 3.63) is 42.0 Å². The molecule has 3 N–H and O–H groups in total. The van der Waals surface area contributed by atoms with Gasteiger partial charge in [0.15, 0.2) is 0 Å². The van der Waals surface area contributed by atoms with Crippen molar-refractivity contribution in [3.8, 4) is 0 Å². The lowest BCUT2D eigenvalue weighted by molar-refractivity contribution is -0.144. The number of primary amides is 1. The molecule has 2 aliphatic carbocycles. The number of nitrogens with one attached hydrogen (secondary N) is 1. The molecule has 8 heteroatoms. The number of amides is 4. The van der Waals surface area contributed by atoms with Crippen molar-refractivity contribution in [2.75, 3.05) is 24.5 Å². The Balaban J connectivity index is 1.14. The number of carbonyl (C=O) groups excluding carboxylic acids is 4. The van der Waals surface area contributed by atoms with Crippen molar-refractivity contribution in [3.63, 3.8) is 0 Å². The van der Waals surface area contributed by atoms with E-state index in [1.807, 2.05) is 36.4 Å². The first-order chi connectivity index (χ1) is 15.4. The van der Waals surface area contributed by atoms with Crippen LogP contribution < -0.4 is 16.0 Å². The number of hydrogen-bond donors (Lipinski definition) is 2. The molecule has 1 aromatic rings. The van der Waals surface area contributed by atoms with E-state index in [1.54, 1.807) is 0 Å². The first-order valence-electron chi connectivity index (χ1n) is 11.4. The Morgan fingerprint density at radius 1 is 1.03 bits per heavy atom. The maximum Gasteiger partial charge on any atom is 0.240 e. The molecule has 5 atom stereocenters. The lowest BCUT2D eigenvalue weighted by atomic mass is 9.85. The zero-order valence-electron chi connectivity index (χ0n) is 17.9. The Kier molecular flexibility index (Phi) is 5.23. The van der Waals surface area contributed by atoms with Gasteiger partial charge in [-0.25, -0.2) is 0 Å². The number of carbonyl (C=O) groups is 4. The lowest BCUT2D eigenvalue weighted by Crippen LogP contribution is -2.41. The van der Waals surface area contributed by atoms with Crippen LogP contribution in [0.15, 0.2) is 36.4 Å². The largest absolute Gasteiger partial charge is 0.371 e. The minimum atomic E-state index is -0.337. The maximum atomic E-state index is 12.7. The Hall–Kier alpha value is -3.16. The van der Waals surface area contributed by atoms with Gasteiger partial charge < -0.3 is 16.0 Å². The molecule has 1 saturated carbocycles. The lowest BCUT2D eigenvalue weighted by Gasteiger charge is -2.33. The summed E-state index contributed by atoms with van der Waals surface area (Å²) in [6, 6.07) is 7.82. The van der Waals surface area contributed by atoms with Crippen molar-refractivity contribution in [2.24, 2.45) is 35.3 Å². The van der Waals surface area contributed by atoms with E-state index in [0.717, 1.165) is 42.0 Å². The number of hydrogen-bond acceptors (Lipinski definition) is 5. The van der Waals surface area contributed by atoms with Gasteiger partial charge in [-0.15, -0.1) is 0 Å². The van der Waals surface area contributed by atoms with Gasteiger partial charge in [0.25, 0.3) is 0 Å². The van der Waals surface area contributed by atoms with Gasteiger partial charge in [0.2, 0.25) is 23.6 Å². The Labute approximate surface area is 186 Å². The highest BCUT2D eigenvalue weighted by atomic mass is 16.2. The highest BCUT2D eigenvalue weighted by Gasteiger charge is 2.59. The summed E-state index contributed by atoms with van der Waals surface area (Å²) >= 11 is 0. The van der Waals surface area contributed by atoms with Crippen LogP contribution in [0.4, 0.5) is 5.69 Å². The molecule has 8 nitrogen and oxygen atoms in total. The van der Waals surface area contributed by atoms with Crippen LogP contribution in [0.3, 0.4) is 0 Å². The molecule has 3 fully saturated rings. The van der Waals surface area contributed by atoms with Gasteiger partial charge in [0, 0.05) is 25.3 Å². The summed E-state index contributed by atoms with van der Waals surface area (Å²) in [5.74, 6) is -1.38. The van der Waals surface area contributed by atoms with Crippen LogP contribution in [0.2, 0.25) is 0 Å². The predicted octanol–water partition coefficient (Wildman–Crippen LogP) is 0.812. The highest BCUT2D eigenvalue weighted by molar-refractivity contribution is 6.08. The molecule has 4 aliphatic rings. The fourth-order valence-corrected chi connectivity index (χ4v) is 5.79. The van der Waals surface area contributed by atoms with Crippen molar-refractivity contribution < 1.29 is 19.2 Å². The molecule has 2 saturated heterocycles. The molecule has 0 unspecified atom stereocenters. The monoisotopic (exact) mass is 436 g/mol. The quantitative estimate of drug-likeness (QED) is 0.506. The second-order valence-corrected chi connectivity index (χ2v) is 9.39. The Morgan fingerprint density at radius 3 is 2.31 bits per heavy atom. The molecule has 32 heavy (non-hydrogen) atoms. The van der Waals surface area contributed by atoms with E-state index in [0.29, 0.717) is 13.1 Å². The third kappa shape index (κ3) is 3.57. The van der Waals surface area contributed by atoms with Crippen molar-refractivity contribution in [1.29, 1.82) is 0 Å². The second-order valence-electron chi connectivity index (χ2n) is 9.39. The fourth-order valence-electron chi connectivity index (χ4n) is 5.79. The van der Waals surface area contributed by atoms with Crippen LogP contribution >= 0.6 is 0 Å². The maximum absolute atomic E-state index is 12.7. The molecule has 0 spiro atoms. The zero-order valence-corrected chi connectivity index (χ0v) is 17.9. The SMILES string of the molecule is NC(=O)[C@@H]1CCCN(c2ccc(CNC(=O)CN3C(=O)[C@H]4[C@H](C3=O)[C@H]3C=C[C@H]4C3)cc2)C1. The normalized spacial score (nSPS) is 30.7. The first-order valence-corrected chi connectivity index (χ1v) is 11.4. The number of nitrogens with zero attached hydrogens (tertiary/aromatic N) is 2. The summed E-state index contributed by atoms with van der Waals surface area (Å²) in [6.07, 6.45) is 6.73. The van der Waals surface area contributed by atoms with Crippen molar-refractivity contribution >= 4 is 29.3 Å². The number of fused-ring (bicyclic) bond motifs is 5. The average molecular weight is 437 g/mol. The summed E-state index contributed by atoms with van der Waals surface area (Å²) < 4.78 is 0. The van der Waals surface area contributed by atoms with E-state index in [9.17, 15) is 19.2 Å². The number of likely N-dealkylation sites (tertiary alicyclic amines) is 1. The molecule has 2 heterocycles. The molecule has 2 bridgehead atoms. The van der Waals surface area contributed by atoms with Crippen LogP contribution in [0.25, 0.3) is 0 Å². The topological polar surface area (TPSA) is 113 Å². The van der Waals surface area contributed by atoms with Crippen molar-refractivity contribution in [2.45, 2.75) is 25.8 Å². The van der Waals surface area contributed by atoms with E-state index in [4.69, 9.17) is 5.73 Å². The summed E-state index contributed by atoms with van der Waals surface area (Å²) in [5.41, 5.74) is 7.41. The number of benzene rings is 1. The van der Waals surface area contributed by atoms with Gasteiger partial charge >= 0.3 is 0 Å². The van der Waals surface area contributed by atoms with Gasteiger partial charge in [0.1, 0.15) is 6.54 Å². The van der Waals surface area contributed by atoms with Crippen molar-refractivity contribution in [1.82, 2.24) is 10.2 Å². The molecule has 4 amide bonds. The fraction of sp³-hybridized carbons (Fsp3) is 0.500. The van der Waals surface area contributed by atoms with Gasteiger partial charge in [0.05, 0.1) is 17.8 Å². The second kappa shape index (κ2) is 8.07. The number of rotatable bonds is 6. The molecule has 2 aliphatic heterocycles. The summed E-state index contributed by atoms with van der Waals surface area (Å²) in [4.78, 5) is 52.7. The average Bonchev–Trinajstić information content (AvgIpc) is 3.48. The first kappa shape index (κ1) is 20.7. The summed E-state index contributed by atoms with van der Waals surface area (Å²) in [6.45, 7) is 1.61. The minimum Gasteiger partial charge on any atom is -0.371 e. The van der Waals surface area contributed by atoms with E-state index in [2.05, 4.69) is 10.2 Å². The minimum absolute atomic E-state index is 0.121. The summed E-state index contributed by atoms with van der Waals surface area (Å²) in [7, 11) is 0. The third-order valence-electron chi connectivity index (χ3n) is 7.48. The molecular weight excluding hydrogens is 408 g/mol. The van der Waals surface area contributed by atoms with Gasteiger partial charge in [-0.1, -0.05) is 24.3 Å². The molecule has 0 aromatic heterocycles. The summed E-state index contributed by atoms with van der Waals surface area (Å²) in [5, 5.41) is 2.82. The van der Waals surface area contributed by atoms with Gasteiger partial charge in [-0.2, -0.15) is 0 Å². The molecular formula is C24H28N4O4. The van der Waals surface area contributed by atoms with Crippen LogP contribution in [-0.2, 0) is 25.7 Å². The van der Waals surface area contributed by atoms with E-state index in [1.165, 1.54) is 0 Å². The molecule has 0 radical (unpaired) electrons. The molecule has 1 aromatic carbocycles. The number of anilines is 1. The third-order valence-corrected chi connectivity index (χ3v) is 7.48. The molecule has 5 rings (SSSR count). The van der Waals surface area contributed by atoms with E-state index in [-0.39, 0.29) is 59.8 Å². The number of piperidine rings is 1.